The highest BCUT2D eigenvalue weighted by Crippen LogP contribution is 2.22. The fraction of sp³-hybridized carbons (Fsp3) is 0.500. The van der Waals surface area contributed by atoms with E-state index in [1.165, 1.54) is 9.80 Å². The minimum absolute atomic E-state index is 0.0267. The maximum atomic E-state index is 12.7. The highest BCUT2D eigenvalue weighted by molar-refractivity contribution is 14.1. The molecule has 1 atom stereocenters. The summed E-state index contributed by atoms with van der Waals surface area (Å²) in [5.41, 5.74) is 0.704. The summed E-state index contributed by atoms with van der Waals surface area (Å²) in [6, 6.07) is 7.38. The minimum Gasteiger partial charge on any atom is -0.326 e. The number of imide groups is 1. The van der Waals surface area contributed by atoms with E-state index in [1.54, 1.807) is 4.90 Å². The topological polar surface area (TPSA) is 46.3 Å². The molecule has 0 bridgehead atoms. The van der Waals surface area contributed by atoms with Crippen molar-refractivity contribution in [1.29, 1.82) is 0 Å². The van der Waals surface area contributed by atoms with Crippen LogP contribution in [-0.4, -0.2) is 50.6 Å². The Labute approximate surface area is 144 Å². The Morgan fingerprint density at radius 1 is 1.14 bits per heavy atom. The molecule has 1 aromatic rings. The Balaban J connectivity index is 1.73. The number of piperazine rings is 1. The maximum absolute atomic E-state index is 12.7. The molecule has 1 aromatic carbocycles. The molecule has 6 heteroatoms. The van der Waals surface area contributed by atoms with Gasteiger partial charge in [-0.05, 0) is 53.8 Å². The van der Waals surface area contributed by atoms with E-state index in [-0.39, 0.29) is 17.9 Å². The number of quaternary nitrogens is 2. The van der Waals surface area contributed by atoms with E-state index in [0.29, 0.717) is 12.1 Å². The standard InChI is InChI=1S/C16H20IN3O2/c1-2-18-7-9-19(10-8-18)14-11-15(21)20(16(14)22)13-5-3-12(17)4-6-13/h3-6,14H,2,7-11H2,1H3/p+2/t14-/m0/s1. The highest BCUT2D eigenvalue weighted by atomic mass is 127. The second-order valence-corrected chi connectivity index (χ2v) is 7.31. The van der Waals surface area contributed by atoms with Crippen molar-refractivity contribution < 1.29 is 19.4 Å². The largest absolute Gasteiger partial charge is 0.326 e. The van der Waals surface area contributed by atoms with Gasteiger partial charge in [-0.25, -0.2) is 4.90 Å². The molecule has 22 heavy (non-hydrogen) atoms. The number of amides is 2. The molecule has 2 heterocycles. The first-order valence-electron chi connectivity index (χ1n) is 7.90. The summed E-state index contributed by atoms with van der Waals surface area (Å²) in [4.78, 5) is 29.3. The van der Waals surface area contributed by atoms with Crippen molar-refractivity contribution in [2.45, 2.75) is 19.4 Å². The Bertz CT molecular complexity index is 567. The van der Waals surface area contributed by atoms with Crippen LogP contribution in [0.1, 0.15) is 13.3 Å². The van der Waals surface area contributed by atoms with Crippen LogP contribution in [0.15, 0.2) is 24.3 Å². The lowest BCUT2D eigenvalue weighted by atomic mass is 10.1. The number of halogens is 1. The van der Waals surface area contributed by atoms with Crippen molar-refractivity contribution in [3.8, 4) is 0 Å². The number of nitrogens with one attached hydrogen (secondary N) is 2. The quantitative estimate of drug-likeness (QED) is 0.478. The fourth-order valence-electron chi connectivity index (χ4n) is 3.44. The number of carbonyl (C=O) groups excluding carboxylic acids is 2. The van der Waals surface area contributed by atoms with E-state index in [0.717, 1.165) is 36.3 Å². The first-order chi connectivity index (χ1) is 10.6. The van der Waals surface area contributed by atoms with Gasteiger partial charge < -0.3 is 9.80 Å². The van der Waals surface area contributed by atoms with E-state index in [2.05, 4.69) is 29.5 Å². The first kappa shape index (κ1) is 15.9. The molecular weight excluding hydrogens is 393 g/mol. The monoisotopic (exact) mass is 415 g/mol. The fourth-order valence-corrected chi connectivity index (χ4v) is 3.80. The third-order valence-electron chi connectivity index (χ3n) is 4.82. The van der Waals surface area contributed by atoms with Crippen LogP contribution in [0, 0.1) is 3.57 Å². The number of anilines is 1. The van der Waals surface area contributed by atoms with Gasteiger partial charge in [0, 0.05) is 3.57 Å². The van der Waals surface area contributed by atoms with Gasteiger partial charge in [0.05, 0.1) is 18.7 Å². The van der Waals surface area contributed by atoms with Crippen LogP contribution < -0.4 is 14.7 Å². The summed E-state index contributed by atoms with van der Waals surface area (Å²) in [6.45, 7) is 7.48. The average molecular weight is 415 g/mol. The molecule has 3 rings (SSSR count). The lowest BCUT2D eigenvalue weighted by Gasteiger charge is -2.31. The molecule has 2 amide bonds. The van der Waals surface area contributed by atoms with Crippen LogP contribution in [0.5, 0.6) is 0 Å². The lowest BCUT2D eigenvalue weighted by molar-refractivity contribution is -1.02. The number of hydrogen-bond donors (Lipinski definition) is 2. The van der Waals surface area contributed by atoms with Crippen LogP contribution in [0.2, 0.25) is 0 Å². The zero-order valence-corrected chi connectivity index (χ0v) is 14.9. The summed E-state index contributed by atoms with van der Waals surface area (Å²) in [7, 11) is 0. The van der Waals surface area contributed by atoms with E-state index in [4.69, 9.17) is 0 Å². The van der Waals surface area contributed by atoms with Crippen LogP contribution in [0.4, 0.5) is 5.69 Å². The third kappa shape index (κ3) is 3.04. The molecule has 2 N–H and O–H groups in total. The molecule has 5 nitrogen and oxygen atoms in total. The lowest BCUT2D eigenvalue weighted by Crippen LogP contribution is -3.29. The smallest absolute Gasteiger partial charge is 0.292 e. The maximum Gasteiger partial charge on any atom is 0.292 e. The molecule has 0 spiro atoms. The molecule has 2 aliphatic rings. The predicted octanol–water partition coefficient (Wildman–Crippen LogP) is -1.27. The zero-order valence-electron chi connectivity index (χ0n) is 12.8. The Kier molecular flexibility index (Phi) is 4.79. The van der Waals surface area contributed by atoms with Crippen LogP contribution in [0.3, 0.4) is 0 Å². The van der Waals surface area contributed by atoms with Crippen molar-refractivity contribution in [3.05, 3.63) is 27.8 Å². The molecule has 0 aromatic heterocycles. The highest BCUT2D eigenvalue weighted by Gasteiger charge is 2.46. The predicted molar refractivity (Wildman–Crippen MR) is 92.0 cm³/mol. The summed E-state index contributed by atoms with van der Waals surface area (Å²) in [6.07, 6.45) is 0.349. The Morgan fingerprint density at radius 3 is 2.36 bits per heavy atom. The molecule has 0 radical (unpaired) electrons. The van der Waals surface area contributed by atoms with Crippen LogP contribution >= 0.6 is 22.6 Å². The summed E-state index contributed by atoms with van der Waals surface area (Å²) in [5.74, 6) is -0.0878. The molecule has 0 saturated carbocycles. The first-order valence-corrected chi connectivity index (χ1v) is 8.98. The van der Waals surface area contributed by atoms with E-state index in [1.807, 2.05) is 24.3 Å². The van der Waals surface area contributed by atoms with E-state index in [9.17, 15) is 9.59 Å². The molecule has 2 fully saturated rings. The number of nitrogens with zero attached hydrogens (tertiary/aromatic N) is 1. The van der Waals surface area contributed by atoms with Crippen molar-refractivity contribution >= 4 is 40.1 Å². The number of rotatable bonds is 3. The van der Waals surface area contributed by atoms with Crippen molar-refractivity contribution in [2.24, 2.45) is 0 Å². The Morgan fingerprint density at radius 2 is 1.77 bits per heavy atom. The van der Waals surface area contributed by atoms with Gasteiger partial charge in [-0.2, -0.15) is 0 Å². The number of likely N-dealkylation sites (N-methyl/N-ethyl adjacent to an activating group) is 1. The third-order valence-corrected chi connectivity index (χ3v) is 5.54. The van der Waals surface area contributed by atoms with Gasteiger partial charge >= 0.3 is 0 Å². The van der Waals surface area contributed by atoms with Gasteiger partial charge in [-0.15, -0.1) is 0 Å². The normalized spacial score (nSPS) is 29.2. The summed E-state index contributed by atoms with van der Waals surface area (Å²) >= 11 is 2.22. The van der Waals surface area contributed by atoms with E-state index >= 15 is 0 Å². The van der Waals surface area contributed by atoms with Crippen molar-refractivity contribution in [2.75, 3.05) is 37.6 Å². The van der Waals surface area contributed by atoms with Crippen molar-refractivity contribution in [1.82, 2.24) is 0 Å². The average Bonchev–Trinajstić information content (AvgIpc) is 2.83. The van der Waals surface area contributed by atoms with E-state index < -0.39 is 0 Å². The molecule has 118 valence electrons. The molecular formula is C16H22IN3O2+2. The molecule has 2 saturated heterocycles. The summed E-state index contributed by atoms with van der Waals surface area (Å²) < 4.78 is 1.10. The number of hydrogen-bond acceptors (Lipinski definition) is 2. The van der Waals surface area contributed by atoms with Crippen LogP contribution in [0.25, 0.3) is 0 Å². The molecule has 2 aliphatic heterocycles. The van der Waals surface area contributed by atoms with Gasteiger partial charge in [0.25, 0.3) is 5.91 Å². The SMILES string of the molecule is CC[NH+]1CC[NH+]([C@H]2CC(=O)N(c3ccc(I)cc3)C2=O)CC1. The minimum atomic E-state index is -0.190. The Hall–Kier alpha value is -0.990. The number of carbonyl (C=O) groups is 2. The number of benzene rings is 1. The zero-order chi connectivity index (χ0) is 15.7. The van der Waals surface area contributed by atoms with Gasteiger partial charge in [0.15, 0.2) is 6.04 Å². The van der Waals surface area contributed by atoms with Crippen LogP contribution in [-0.2, 0) is 9.59 Å². The van der Waals surface area contributed by atoms with Gasteiger partial charge in [0.1, 0.15) is 26.2 Å². The molecule has 0 unspecified atom stereocenters. The van der Waals surface area contributed by atoms with Crippen molar-refractivity contribution in [3.63, 3.8) is 0 Å². The second-order valence-electron chi connectivity index (χ2n) is 6.06. The van der Waals surface area contributed by atoms with Gasteiger partial charge in [0.2, 0.25) is 5.91 Å². The second kappa shape index (κ2) is 6.64. The van der Waals surface area contributed by atoms with Gasteiger partial charge in [-0.1, -0.05) is 0 Å². The molecule has 0 aliphatic carbocycles. The summed E-state index contributed by atoms with van der Waals surface area (Å²) in [5, 5.41) is 0. The van der Waals surface area contributed by atoms with Gasteiger partial charge in [-0.3, -0.25) is 9.59 Å².